The molecule has 0 atom stereocenters. The Morgan fingerprint density at radius 1 is 1.25 bits per heavy atom. The maximum absolute atomic E-state index is 11.9. The van der Waals surface area contributed by atoms with Gasteiger partial charge in [0.2, 0.25) is 0 Å². The van der Waals surface area contributed by atoms with E-state index in [1.807, 2.05) is 0 Å². The monoisotopic (exact) mass is 226 g/mol. The van der Waals surface area contributed by atoms with Gasteiger partial charge in [-0.1, -0.05) is 6.42 Å². The number of benzene rings is 1. The van der Waals surface area contributed by atoms with E-state index in [4.69, 9.17) is 0 Å². The maximum Gasteiger partial charge on any atom is 0.387 e. The summed E-state index contributed by atoms with van der Waals surface area (Å²) in [4.78, 5) is 11.8. The van der Waals surface area contributed by atoms with Gasteiger partial charge in [0.25, 0.3) is 0 Å². The summed E-state index contributed by atoms with van der Waals surface area (Å²) in [7, 11) is 0. The third-order valence-electron chi connectivity index (χ3n) is 2.84. The molecule has 0 heterocycles. The first-order valence-electron chi connectivity index (χ1n) is 5.26. The molecule has 2 rings (SSSR count). The summed E-state index contributed by atoms with van der Waals surface area (Å²) >= 11 is 0. The second-order valence-corrected chi connectivity index (χ2v) is 3.89. The molecule has 86 valence electrons. The number of alkyl halides is 2. The van der Waals surface area contributed by atoms with E-state index in [0.29, 0.717) is 5.56 Å². The van der Waals surface area contributed by atoms with Gasteiger partial charge >= 0.3 is 6.61 Å². The first-order valence-corrected chi connectivity index (χ1v) is 5.26. The van der Waals surface area contributed by atoms with Crippen molar-refractivity contribution in [2.24, 2.45) is 5.92 Å². The molecule has 1 aromatic rings. The van der Waals surface area contributed by atoms with Crippen molar-refractivity contribution >= 4 is 5.78 Å². The molecule has 1 fully saturated rings. The Hall–Kier alpha value is -1.45. The molecule has 0 amide bonds. The summed E-state index contributed by atoms with van der Waals surface area (Å²) in [5.41, 5.74) is 0.575. The Balaban J connectivity index is 2.03. The molecule has 0 unspecified atom stereocenters. The highest BCUT2D eigenvalue weighted by atomic mass is 19.3. The molecule has 0 spiro atoms. The number of halogens is 2. The van der Waals surface area contributed by atoms with Crippen LogP contribution in [0.2, 0.25) is 0 Å². The average Bonchev–Trinajstić information content (AvgIpc) is 2.15. The van der Waals surface area contributed by atoms with E-state index in [2.05, 4.69) is 4.74 Å². The van der Waals surface area contributed by atoms with Gasteiger partial charge in [-0.2, -0.15) is 8.78 Å². The first kappa shape index (κ1) is 11.0. The molecule has 0 saturated heterocycles. The van der Waals surface area contributed by atoms with Gasteiger partial charge in [0, 0.05) is 11.5 Å². The normalized spacial score (nSPS) is 15.9. The third kappa shape index (κ3) is 2.38. The van der Waals surface area contributed by atoms with Crippen LogP contribution in [0.5, 0.6) is 5.75 Å². The number of carbonyl (C=O) groups is 1. The van der Waals surface area contributed by atoms with Gasteiger partial charge in [-0.15, -0.1) is 0 Å². The van der Waals surface area contributed by atoms with Crippen LogP contribution in [-0.2, 0) is 0 Å². The van der Waals surface area contributed by atoms with Crippen molar-refractivity contribution < 1.29 is 18.3 Å². The van der Waals surface area contributed by atoms with Crippen molar-refractivity contribution in [2.45, 2.75) is 25.9 Å². The molecule has 1 aliphatic rings. The Morgan fingerprint density at radius 2 is 1.88 bits per heavy atom. The SMILES string of the molecule is O=C(c1ccc(OC(F)F)cc1)C1CCC1. The predicted molar refractivity (Wildman–Crippen MR) is 54.7 cm³/mol. The van der Waals surface area contributed by atoms with Crippen molar-refractivity contribution in [3.8, 4) is 5.75 Å². The van der Waals surface area contributed by atoms with Crippen LogP contribution in [-0.4, -0.2) is 12.4 Å². The first-order chi connectivity index (χ1) is 7.66. The lowest BCUT2D eigenvalue weighted by Gasteiger charge is -2.23. The van der Waals surface area contributed by atoms with Crippen LogP contribution in [0.3, 0.4) is 0 Å². The Morgan fingerprint density at radius 3 is 2.31 bits per heavy atom. The summed E-state index contributed by atoms with van der Waals surface area (Å²) in [6.07, 6.45) is 2.98. The summed E-state index contributed by atoms with van der Waals surface area (Å²) in [6, 6.07) is 5.88. The number of ether oxygens (including phenoxy) is 1. The molecular formula is C12H12F2O2. The highest BCUT2D eigenvalue weighted by Crippen LogP contribution is 2.30. The highest BCUT2D eigenvalue weighted by molar-refractivity contribution is 5.98. The van der Waals surface area contributed by atoms with Crippen molar-refractivity contribution in [1.29, 1.82) is 0 Å². The number of hydrogen-bond acceptors (Lipinski definition) is 2. The molecule has 4 heteroatoms. The highest BCUT2D eigenvalue weighted by Gasteiger charge is 2.25. The lowest BCUT2D eigenvalue weighted by molar-refractivity contribution is -0.0498. The second-order valence-electron chi connectivity index (χ2n) is 3.89. The van der Waals surface area contributed by atoms with Crippen molar-refractivity contribution in [3.05, 3.63) is 29.8 Å². The smallest absolute Gasteiger partial charge is 0.387 e. The Bertz CT molecular complexity index is 369. The van der Waals surface area contributed by atoms with Gasteiger partial charge in [0.15, 0.2) is 5.78 Å². The summed E-state index contributed by atoms with van der Waals surface area (Å²) in [5, 5.41) is 0. The van der Waals surface area contributed by atoms with Gasteiger partial charge in [0.05, 0.1) is 0 Å². The molecule has 16 heavy (non-hydrogen) atoms. The standard InChI is InChI=1S/C12H12F2O2/c13-12(14)16-10-6-4-9(5-7-10)11(15)8-2-1-3-8/h4-8,12H,1-3H2. The molecule has 0 aliphatic heterocycles. The van der Waals surface area contributed by atoms with Gasteiger partial charge in [-0.05, 0) is 37.1 Å². The van der Waals surface area contributed by atoms with Crippen molar-refractivity contribution in [1.82, 2.24) is 0 Å². The van der Waals surface area contributed by atoms with E-state index in [-0.39, 0.29) is 17.5 Å². The molecule has 2 nitrogen and oxygen atoms in total. The zero-order valence-electron chi connectivity index (χ0n) is 8.66. The number of carbonyl (C=O) groups excluding carboxylic acids is 1. The van der Waals surface area contributed by atoms with E-state index >= 15 is 0 Å². The second kappa shape index (κ2) is 4.60. The zero-order valence-corrected chi connectivity index (χ0v) is 8.66. The van der Waals surface area contributed by atoms with Crippen LogP contribution in [0.1, 0.15) is 29.6 Å². The van der Waals surface area contributed by atoms with Crippen molar-refractivity contribution in [3.63, 3.8) is 0 Å². The molecule has 0 aromatic heterocycles. The van der Waals surface area contributed by atoms with E-state index in [9.17, 15) is 13.6 Å². The molecule has 0 N–H and O–H groups in total. The number of rotatable bonds is 4. The summed E-state index contributed by atoms with van der Waals surface area (Å²) in [5.74, 6) is 0.317. The quantitative estimate of drug-likeness (QED) is 0.736. The predicted octanol–water partition coefficient (Wildman–Crippen LogP) is 3.27. The van der Waals surface area contributed by atoms with Crippen LogP contribution in [0, 0.1) is 5.92 Å². The van der Waals surface area contributed by atoms with Gasteiger partial charge in [-0.3, -0.25) is 4.79 Å². The fourth-order valence-corrected chi connectivity index (χ4v) is 1.71. The number of Topliss-reactive ketones (excluding diaryl/α,β-unsaturated/α-hetero) is 1. The number of ketones is 1. The van der Waals surface area contributed by atoms with Crippen LogP contribution in [0.4, 0.5) is 8.78 Å². The topological polar surface area (TPSA) is 26.3 Å². The molecular weight excluding hydrogens is 214 g/mol. The fraction of sp³-hybridized carbons (Fsp3) is 0.417. The average molecular weight is 226 g/mol. The molecule has 0 radical (unpaired) electrons. The molecule has 1 saturated carbocycles. The van der Waals surface area contributed by atoms with Crippen LogP contribution in [0.15, 0.2) is 24.3 Å². The summed E-state index contributed by atoms with van der Waals surface area (Å²) in [6.45, 7) is -2.83. The molecule has 1 aromatic carbocycles. The van der Waals surface area contributed by atoms with Gasteiger partial charge in [-0.25, -0.2) is 0 Å². The molecule has 0 bridgehead atoms. The number of hydrogen-bond donors (Lipinski definition) is 0. The van der Waals surface area contributed by atoms with Crippen molar-refractivity contribution in [2.75, 3.05) is 0 Å². The van der Waals surface area contributed by atoms with Crippen LogP contribution in [0.25, 0.3) is 0 Å². The van der Waals surface area contributed by atoms with Crippen LogP contribution >= 0.6 is 0 Å². The van der Waals surface area contributed by atoms with Crippen LogP contribution < -0.4 is 4.74 Å². The largest absolute Gasteiger partial charge is 0.435 e. The minimum absolute atomic E-state index is 0.0835. The maximum atomic E-state index is 11.9. The van der Waals surface area contributed by atoms with E-state index in [1.165, 1.54) is 12.1 Å². The third-order valence-corrected chi connectivity index (χ3v) is 2.84. The lowest BCUT2D eigenvalue weighted by atomic mass is 9.80. The minimum atomic E-state index is -2.83. The zero-order chi connectivity index (χ0) is 11.5. The Labute approximate surface area is 92.2 Å². The van der Waals surface area contributed by atoms with Gasteiger partial charge in [0.1, 0.15) is 5.75 Å². The lowest BCUT2D eigenvalue weighted by Crippen LogP contribution is -2.21. The van der Waals surface area contributed by atoms with E-state index in [1.54, 1.807) is 12.1 Å². The summed E-state index contributed by atoms with van der Waals surface area (Å²) < 4.78 is 28.0. The van der Waals surface area contributed by atoms with E-state index in [0.717, 1.165) is 19.3 Å². The minimum Gasteiger partial charge on any atom is -0.435 e. The Kier molecular flexibility index (Phi) is 3.17. The van der Waals surface area contributed by atoms with Gasteiger partial charge < -0.3 is 4.74 Å². The fourth-order valence-electron chi connectivity index (χ4n) is 1.71. The molecule has 1 aliphatic carbocycles. The van der Waals surface area contributed by atoms with E-state index < -0.39 is 6.61 Å².